The number of rotatable bonds is 7. The first-order chi connectivity index (χ1) is 16.8. The number of amides is 1. The molecule has 1 saturated heterocycles. The molecule has 1 unspecified atom stereocenters. The van der Waals surface area contributed by atoms with Gasteiger partial charge in [0, 0.05) is 11.6 Å². The molecule has 0 radical (unpaired) electrons. The van der Waals surface area contributed by atoms with Crippen LogP contribution in [-0.2, 0) is 9.59 Å². The van der Waals surface area contributed by atoms with Gasteiger partial charge in [0.15, 0.2) is 0 Å². The summed E-state index contributed by atoms with van der Waals surface area (Å²) in [7, 11) is 1.62. The minimum absolute atomic E-state index is 0.0271. The third kappa shape index (κ3) is 4.54. The summed E-state index contributed by atoms with van der Waals surface area (Å²) in [6.45, 7) is 8.40. The van der Waals surface area contributed by atoms with E-state index in [4.69, 9.17) is 9.47 Å². The van der Waals surface area contributed by atoms with E-state index >= 15 is 0 Å². The molecule has 1 N–H and O–H groups in total. The van der Waals surface area contributed by atoms with Crippen molar-refractivity contribution in [3.8, 4) is 11.5 Å². The van der Waals surface area contributed by atoms with Crippen molar-refractivity contribution in [2.75, 3.05) is 13.7 Å². The van der Waals surface area contributed by atoms with E-state index in [0.717, 1.165) is 48.1 Å². The fraction of sp³-hybridized carbons (Fsp3) is 0.448. The molecule has 2 fully saturated rings. The molecule has 2 aromatic carbocycles. The molecule has 6 nitrogen and oxygen atoms in total. The van der Waals surface area contributed by atoms with Crippen LogP contribution in [0.3, 0.4) is 0 Å². The van der Waals surface area contributed by atoms with Crippen LogP contribution in [0, 0.1) is 6.92 Å². The van der Waals surface area contributed by atoms with Crippen molar-refractivity contribution in [1.82, 2.24) is 4.90 Å². The Kier molecular flexibility index (Phi) is 7.20. The zero-order valence-corrected chi connectivity index (χ0v) is 21.3. The number of carbonyl (C=O) groups excluding carboxylic acids is 2. The number of methoxy groups -OCH3 is 1. The Hall–Kier alpha value is -3.28. The Morgan fingerprint density at radius 3 is 2.49 bits per heavy atom. The van der Waals surface area contributed by atoms with Crippen LogP contribution in [0.15, 0.2) is 42.0 Å². The normalized spacial score (nSPS) is 20.2. The molecule has 1 amide bonds. The maximum Gasteiger partial charge on any atom is 0.295 e. The lowest BCUT2D eigenvalue weighted by molar-refractivity contribution is -0.141. The van der Waals surface area contributed by atoms with E-state index in [0.29, 0.717) is 17.9 Å². The highest BCUT2D eigenvalue weighted by Crippen LogP contribution is 2.45. The topological polar surface area (TPSA) is 76.1 Å². The molecule has 2 aliphatic rings. The third-order valence-electron chi connectivity index (χ3n) is 7.14. The maximum absolute atomic E-state index is 13.5. The molecule has 186 valence electrons. The van der Waals surface area contributed by atoms with E-state index < -0.39 is 17.7 Å². The van der Waals surface area contributed by atoms with Crippen molar-refractivity contribution in [3.05, 3.63) is 64.2 Å². The summed E-state index contributed by atoms with van der Waals surface area (Å²) < 4.78 is 11.3. The molecule has 0 bridgehead atoms. The summed E-state index contributed by atoms with van der Waals surface area (Å²) in [4.78, 5) is 28.5. The number of carbonyl (C=O) groups is 2. The van der Waals surface area contributed by atoms with E-state index in [9.17, 15) is 14.7 Å². The number of likely N-dealkylation sites (tertiary alicyclic amines) is 1. The molecule has 1 atom stereocenters. The molecule has 0 aromatic heterocycles. The van der Waals surface area contributed by atoms with Crippen LogP contribution in [0.1, 0.15) is 80.7 Å². The highest BCUT2D eigenvalue weighted by atomic mass is 16.5. The number of nitrogens with zero attached hydrogens (tertiary/aromatic N) is 1. The molecule has 6 heteroatoms. The third-order valence-corrected chi connectivity index (χ3v) is 7.14. The average molecular weight is 478 g/mol. The Morgan fingerprint density at radius 2 is 1.86 bits per heavy atom. The first kappa shape index (κ1) is 24.8. The van der Waals surface area contributed by atoms with Crippen LogP contribution < -0.4 is 9.47 Å². The Bertz CT molecular complexity index is 1160. The number of hydrogen-bond donors (Lipinski definition) is 1. The molecule has 4 rings (SSSR count). The van der Waals surface area contributed by atoms with Gasteiger partial charge in [0.25, 0.3) is 11.7 Å². The van der Waals surface area contributed by atoms with Gasteiger partial charge in [-0.1, -0.05) is 38.8 Å². The first-order valence-electron chi connectivity index (χ1n) is 12.5. The zero-order valence-electron chi connectivity index (χ0n) is 21.3. The van der Waals surface area contributed by atoms with E-state index in [-0.39, 0.29) is 23.3 Å². The summed E-state index contributed by atoms with van der Waals surface area (Å²) in [5.41, 5.74) is 3.15. The molecule has 0 spiro atoms. The van der Waals surface area contributed by atoms with Gasteiger partial charge in [0.05, 0.1) is 25.3 Å². The van der Waals surface area contributed by atoms with E-state index in [1.54, 1.807) is 12.0 Å². The minimum atomic E-state index is -0.664. The highest BCUT2D eigenvalue weighted by Gasteiger charge is 2.49. The van der Waals surface area contributed by atoms with Crippen molar-refractivity contribution in [3.63, 3.8) is 0 Å². The van der Waals surface area contributed by atoms with Gasteiger partial charge in [-0.2, -0.15) is 0 Å². The van der Waals surface area contributed by atoms with Crippen molar-refractivity contribution in [2.24, 2.45) is 0 Å². The van der Waals surface area contributed by atoms with Gasteiger partial charge >= 0.3 is 0 Å². The van der Waals surface area contributed by atoms with Gasteiger partial charge in [-0.05, 0) is 73.6 Å². The summed E-state index contributed by atoms with van der Waals surface area (Å²) >= 11 is 0. The van der Waals surface area contributed by atoms with Crippen molar-refractivity contribution < 1.29 is 24.2 Å². The number of aryl methyl sites for hydroxylation is 1. The van der Waals surface area contributed by atoms with Gasteiger partial charge in [-0.15, -0.1) is 0 Å². The molecule has 1 heterocycles. The largest absolute Gasteiger partial charge is 0.507 e. The fourth-order valence-corrected chi connectivity index (χ4v) is 5.40. The molecule has 1 aliphatic carbocycles. The molecule has 1 aliphatic heterocycles. The number of aliphatic hydroxyl groups excluding tert-OH is 1. The van der Waals surface area contributed by atoms with Gasteiger partial charge in [0.2, 0.25) is 0 Å². The van der Waals surface area contributed by atoms with E-state index in [2.05, 4.69) is 13.8 Å². The average Bonchev–Trinajstić information content (AvgIpc) is 3.45. The quantitative estimate of drug-likeness (QED) is 0.306. The van der Waals surface area contributed by atoms with Crippen molar-refractivity contribution >= 4 is 17.4 Å². The SMILES string of the molecule is CCOc1cccc(C2/C(=C(\O)c3cc(C(C)C)c(OC)cc3C)C(=O)C(=O)N2C2CCCC2)c1. The molecular formula is C29H35NO5. The number of hydrogen-bond acceptors (Lipinski definition) is 5. The highest BCUT2D eigenvalue weighted by molar-refractivity contribution is 6.46. The second kappa shape index (κ2) is 10.1. The van der Waals surface area contributed by atoms with Crippen molar-refractivity contribution in [1.29, 1.82) is 0 Å². The summed E-state index contributed by atoms with van der Waals surface area (Å²) in [6.07, 6.45) is 3.75. The first-order valence-corrected chi connectivity index (χ1v) is 12.5. The summed E-state index contributed by atoms with van der Waals surface area (Å²) in [6, 6.07) is 10.6. The van der Waals surface area contributed by atoms with Crippen LogP contribution in [0.5, 0.6) is 11.5 Å². The second-order valence-corrected chi connectivity index (χ2v) is 9.71. The van der Waals surface area contributed by atoms with Crippen LogP contribution in [0.25, 0.3) is 5.76 Å². The number of ether oxygens (including phenoxy) is 2. The predicted molar refractivity (Wildman–Crippen MR) is 136 cm³/mol. The fourth-order valence-electron chi connectivity index (χ4n) is 5.40. The number of Topliss-reactive ketones (excluding diaryl/α,β-unsaturated/α-hetero) is 1. The van der Waals surface area contributed by atoms with Gasteiger partial charge in [-0.3, -0.25) is 9.59 Å². The maximum atomic E-state index is 13.5. The van der Waals surface area contributed by atoms with Gasteiger partial charge < -0.3 is 19.5 Å². The Balaban J connectivity index is 1.93. The van der Waals surface area contributed by atoms with Crippen molar-refractivity contribution in [2.45, 2.75) is 71.4 Å². The van der Waals surface area contributed by atoms with Gasteiger partial charge in [0.1, 0.15) is 17.3 Å². The predicted octanol–water partition coefficient (Wildman–Crippen LogP) is 5.89. The smallest absolute Gasteiger partial charge is 0.295 e. The number of ketones is 1. The lowest BCUT2D eigenvalue weighted by Crippen LogP contribution is -2.37. The Morgan fingerprint density at radius 1 is 1.14 bits per heavy atom. The molecular weight excluding hydrogens is 442 g/mol. The van der Waals surface area contributed by atoms with Crippen LogP contribution >= 0.6 is 0 Å². The van der Waals surface area contributed by atoms with Crippen LogP contribution in [-0.4, -0.2) is 41.5 Å². The van der Waals surface area contributed by atoms with Gasteiger partial charge in [-0.25, -0.2) is 0 Å². The monoisotopic (exact) mass is 477 g/mol. The van der Waals surface area contributed by atoms with E-state index in [1.165, 1.54) is 0 Å². The molecule has 2 aromatic rings. The van der Waals surface area contributed by atoms with E-state index in [1.807, 2.05) is 50.2 Å². The lowest BCUT2D eigenvalue weighted by Gasteiger charge is -2.31. The second-order valence-electron chi connectivity index (χ2n) is 9.71. The van der Waals surface area contributed by atoms with Crippen LogP contribution in [0.2, 0.25) is 0 Å². The number of aliphatic hydroxyl groups is 1. The Labute approximate surface area is 207 Å². The minimum Gasteiger partial charge on any atom is -0.507 e. The zero-order chi connectivity index (χ0) is 25.3. The summed E-state index contributed by atoms with van der Waals surface area (Å²) in [5.74, 6) is 0.239. The standard InChI is InChI=1S/C29H35NO5/c1-6-35-21-13-9-10-19(15-21)26-25(28(32)29(33)30(26)20-11-7-8-12-20)27(31)23-16-22(17(2)3)24(34-5)14-18(23)4/h9-10,13-17,20,26,31H,6-8,11-12H2,1-5H3/b27-25+. The molecule has 1 saturated carbocycles. The molecule has 35 heavy (non-hydrogen) atoms. The number of benzene rings is 2. The lowest BCUT2D eigenvalue weighted by atomic mass is 9.90. The van der Waals surface area contributed by atoms with Crippen LogP contribution in [0.4, 0.5) is 0 Å². The summed E-state index contributed by atoms with van der Waals surface area (Å²) in [5, 5.41) is 11.6.